The van der Waals surface area contributed by atoms with E-state index in [1.54, 1.807) is 30.3 Å². The number of methoxy groups -OCH3 is 2. The normalized spacial score (nSPS) is 11.4. The number of hydrogen-bond acceptors (Lipinski definition) is 6. The molecule has 0 spiro atoms. The van der Waals surface area contributed by atoms with E-state index in [9.17, 15) is 13.2 Å². The molecule has 3 rings (SSSR count). The predicted octanol–water partition coefficient (Wildman–Crippen LogP) is 6.67. The maximum atomic E-state index is 13.6. The minimum Gasteiger partial charge on any atom is -0.495 e. The third-order valence-corrected chi connectivity index (χ3v) is 7.78. The molecule has 7 nitrogen and oxygen atoms in total. The van der Waals surface area contributed by atoms with Crippen molar-refractivity contribution in [3.63, 3.8) is 0 Å². The SMILES string of the molecule is CCCCCOc1ccc(/C=C/C(=O)N(c2ccc(OC)c(Cl)c2)S(=O)(=O)c2ccc(C)cc2)cc1OC. The lowest BCUT2D eigenvalue weighted by Gasteiger charge is -2.22. The highest BCUT2D eigenvalue weighted by atomic mass is 35.5. The molecule has 0 aromatic heterocycles. The van der Waals surface area contributed by atoms with Gasteiger partial charge >= 0.3 is 0 Å². The number of hydrogen-bond donors (Lipinski definition) is 0. The standard InChI is InChI=1S/C29H32ClNO6S/c1-5-6-7-18-37-27-15-10-22(19-28(27)36-4)11-17-29(32)31(23-12-16-26(35-3)25(30)20-23)38(33,34)24-13-8-21(2)9-14-24/h8-17,19-20H,5-7,18H2,1-4H3/b17-11+. The summed E-state index contributed by atoms with van der Waals surface area (Å²) in [5.41, 5.74) is 1.61. The number of sulfonamides is 1. The Morgan fingerprint density at radius 2 is 1.61 bits per heavy atom. The summed E-state index contributed by atoms with van der Waals surface area (Å²) in [6.07, 6.45) is 5.83. The van der Waals surface area contributed by atoms with Gasteiger partial charge in [-0.15, -0.1) is 0 Å². The number of halogens is 1. The van der Waals surface area contributed by atoms with Crippen LogP contribution in [0.4, 0.5) is 5.69 Å². The topological polar surface area (TPSA) is 82.1 Å². The second-order valence-electron chi connectivity index (χ2n) is 8.54. The van der Waals surface area contributed by atoms with Crippen molar-refractivity contribution >= 4 is 39.3 Å². The van der Waals surface area contributed by atoms with Gasteiger partial charge in [-0.1, -0.05) is 55.1 Å². The molecule has 202 valence electrons. The van der Waals surface area contributed by atoms with Crippen molar-refractivity contribution in [2.45, 2.75) is 38.0 Å². The number of carbonyl (C=O) groups is 1. The highest BCUT2D eigenvalue weighted by Crippen LogP contribution is 2.33. The number of rotatable bonds is 12. The maximum absolute atomic E-state index is 13.6. The molecule has 3 aromatic rings. The number of aryl methyl sites for hydroxylation is 1. The molecule has 0 aliphatic carbocycles. The molecule has 0 radical (unpaired) electrons. The number of anilines is 1. The van der Waals surface area contributed by atoms with Gasteiger partial charge in [0.1, 0.15) is 5.75 Å². The Morgan fingerprint density at radius 1 is 0.921 bits per heavy atom. The highest BCUT2D eigenvalue weighted by molar-refractivity contribution is 7.93. The molecule has 0 saturated carbocycles. The molecule has 0 aliphatic heterocycles. The molecule has 0 unspecified atom stereocenters. The van der Waals surface area contributed by atoms with Gasteiger partial charge in [-0.2, -0.15) is 4.31 Å². The van der Waals surface area contributed by atoms with Crippen LogP contribution in [-0.4, -0.2) is 35.2 Å². The molecule has 0 aliphatic rings. The Bertz CT molecular complexity index is 1390. The van der Waals surface area contributed by atoms with Crippen LogP contribution in [0.5, 0.6) is 17.2 Å². The Hall–Kier alpha value is -3.49. The number of unbranched alkanes of at least 4 members (excludes halogenated alkanes) is 2. The van der Waals surface area contributed by atoms with Crippen LogP contribution in [0.3, 0.4) is 0 Å². The van der Waals surface area contributed by atoms with Crippen LogP contribution in [0, 0.1) is 6.92 Å². The maximum Gasteiger partial charge on any atom is 0.271 e. The average molecular weight is 558 g/mol. The molecular formula is C29H32ClNO6S. The van der Waals surface area contributed by atoms with Crippen LogP contribution in [0.1, 0.15) is 37.3 Å². The van der Waals surface area contributed by atoms with E-state index >= 15 is 0 Å². The van der Waals surface area contributed by atoms with E-state index in [0.717, 1.165) is 29.1 Å². The van der Waals surface area contributed by atoms with E-state index in [4.69, 9.17) is 25.8 Å². The molecule has 0 N–H and O–H groups in total. The zero-order chi connectivity index (χ0) is 27.7. The predicted molar refractivity (Wildman–Crippen MR) is 151 cm³/mol. The molecule has 0 fully saturated rings. The van der Waals surface area contributed by atoms with E-state index in [-0.39, 0.29) is 15.6 Å². The first-order chi connectivity index (χ1) is 18.2. The van der Waals surface area contributed by atoms with Gasteiger partial charge < -0.3 is 14.2 Å². The van der Waals surface area contributed by atoms with Gasteiger partial charge in [0, 0.05) is 6.08 Å². The van der Waals surface area contributed by atoms with Crippen molar-refractivity contribution in [1.29, 1.82) is 0 Å². The largest absolute Gasteiger partial charge is 0.495 e. The Labute approximate surface area is 229 Å². The van der Waals surface area contributed by atoms with Crippen molar-refractivity contribution in [3.05, 3.63) is 82.9 Å². The average Bonchev–Trinajstić information content (AvgIpc) is 2.90. The number of carbonyl (C=O) groups excluding carboxylic acids is 1. The van der Waals surface area contributed by atoms with Gasteiger partial charge in [0.25, 0.3) is 15.9 Å². The summed E-state index contributed by atoms with van der Waals surface area (Å²) in [5, 5.41) is 0.171. The van der Waals surface area contributed by atoms with E-state index in [2.05, 4.69) is 6.92 Å². The van der Waals surface area contributed by atoms with Gasteiger partial charge in [0.2, 0.25) is 0 Å². The van der Waals surface area contributed by atoms with Crippen LogP contribution in [0.25, 0.3) is 6.08 Å². The second-order valence-corrected chi connectivity index (χ2v) is 10.7. The molecular weight excluding hydrogens is 526 g/mol. The van der Waals surface area contributed by atoms with Crippen LogP contribution in [-0.2, 0) is 14.8 Å². The number of benzene rings is 3. The van der Waals surface area contributed by atoms with E-state index in [0.29, 0.717) is 29.4 Å². The third kappa shape index (κ3) is 7.08. The Morgan fingerprint density at radius 3 is 2.24 bits per heavy atom. The van der Waals surface area contributed by atoms with Crippen LogP contribution in [0.15, 0.2) is 71.6 Å². The lowest BCUT2D eigenvalue weighted by molar-refractivity contribution is -0.113. The Kier molecular flexibility index (Phi) is 10.2. The molecule has 9 heteroatoms. The van der Waals surface area contributed by atoms with Crippen LogP contribution < -0.4 is 18.5 Å². The first-order valence-corrected chi connectivity index (χ1v) is 14.0. The van der Waals surface area contributed by atoms with E-state index in [1.807, 2.05) is 6.92 Å². The molecule has 38 heavy (non-hydrogen) atoms. The van der Waals surface area contributed by atoms with E-state index < -0.39 is 15.9 Å². The number of ether oxygens (including phenoxy) is 3. The molecule has 0 heterocycles. The summed E-state index contributed by atoms with van der Waals surface area (Å²) in [6, 6.07) is 15.9. The van der Waals surface area contributed by atoms with Crippen molar-refractivity contribution in [2.75, 3.05) is 25.1 Å². The summed E-state index contributed by atoms with van der Waals surface area (Å²) in [4.78, 5) is 13.4. The minimum atomic E-state index is -4.26. The molecule has 0 saturated heterocycles. The monoisotopic (exact) mass is 557 g/mol. The van der Waals surface area contributed by atoms with E-state index in [1.165, 1.54) is 56.7 Å². The smallest absolute Gasteiger partial charge is 0.271 e. The van der Waals surface area contributed by atoms with Crippen LogP contribution in [0.2, 0.25) is 5.02 Å². The van der Waals surface area contributed by atoms with Crippen molar-refractivity contribution in [2.24, 2.45) is 0 Å². The molecule has 1 amide bonds. The third-order valence-electron chi connectivity index (χ3n) is 5.74. The molecule has 0 bridgehead atoms. The van der Waals surface area contributed by atoms with Crippen molar-refractivity contribution in [3.8, 4) is 17.2 Å². The summed E-state index contributed by atoms with van der Waals surface area (Å²) < 4.78 is 44.4. The van der Waals surface area contributed by atoms with Crippen molar-refractivity contribution < 1.29 is 27.4 Å². The van der Waals surface area contributed by atoms with Gasteiger partial charge in [-0.05, 0) is 67.4 Å². The first-order valence-electron chi connectivity index (χ1n) is 12.2. The van der Waals surface area contributed by atoms with Gasteiger partial charge in [-0.3, -0.25) is 4.79 Å². The highest BCUT2D eigenvalue weighted by Gasteiger charge is 2.30. The lowest BCUT2D eigenvalue weighted by Crippen LogP contribution is -2.35. The summed E-state index contributed by atoms with van der Waals surface area (Å²) in [6.45, 7) is 4.55. The zero-order valence-corrected chi connectivity index (χ0v) is 23.5. The fourth-order valence-electron chi connectivity index (χ4n) is 3.66. The van der Waals surface area contributed by atoms with Crippen molar-refractivity contribution in [1.82, 2.24) is 0 Å². The molecule has 3 aromatic carbocycles. The Balaban J connectivity index is 1.95. The van der Waals surface area contributed by atoms with Gasteiger partial charge in [0.15, 0.2) is 11.5 Å². The zero-order valence-electron chi connectivity index (χ0n) is 21.9. The summed E-state index contributed by atoms with van der Waals surface area (Å²) in [7, 11) is -1.27. The van der Waals surface area contributed by atoms with Gasteiger partial charge in [0.05, 0.1) is 36.4 Å². The summed E-state index contributed by atoms with van der Waals surface area (Å²) in [5.74, 6) is 0.701. The fraction of sp³-hybridized carbons (Fsp3) is 0.276. The fourth-order valence-corrected chi connectivity index (χ4v) is 5.29. The molecule has 0 atom stereocenters. The lowest BCUT2D eigenvalue weighted by atomic mass is 10.2. The number of amides is 1. The first kappa shape index (κ1) is 29.1. The second kappa shape index (κ2) is 13.3. The van der Waals surface area contributed by atoms with Crippen LogP contribution >= 0.6 is 11.6 Å². The number of nitrogens with zero attached hydrogens (tertiary/aromatic N) is 1. The summed E-state index contributed by atoms with van der Waals surface area (Å²) >= 11 is 6.27. The quantitative estimate of drug-likeness (QED) is 0.183. The van der Waals surface area contributed by atoms with Gasteiger partial charge in [-0.25, -0.2) is 8.42 Å². The minimum absolute atomic E-state index is 0.0250.